The van der Waals surface area contributed by atoms with E-state index in [1.807, 2.05) is 17.5 Å². The third-order valence-corrected chi connectivity index (χ3v) is 6.32. The molecular formula is C17H18N2O6S2. The minimum absolute atomic E-state index is 0.0847. The zero-order valence-electron chi connectivity index (χ0n) is 14.7. The number of amides is 2. The molecule has 2 aliphatic rings. The summed E-state index contributed by atoms with van der Waals surface area (Å²) in [6.45, 7) is 1.18. The standard InChI is InChI=1S/C17H18N2O6S2/c1-9(20)25-7-10-8-27-16-13(15(22)19(16)14(10)17(23)24-2)18-12(21)6-11-4-3-5-26-11/h3-5,13,16H,6-8H2,1-2H3,(H,18,21). The first kappa shape index (κ1) is 19.4. The smallest absolute Gasteiger partial charge is 0.354 e. The van der Waals surface area contributed by atoms with E-state index in [1.54, 1.807) is 0 Å². The number of carbonyl (C=O) groups is 4. The van der Waals surface area contributed by atoms with Gasteiger partial charge in [0.25, 0.3) is 5.91 Å². The lowest BCUT2D eigenvalue weighted by Crippen LogP contribution is -2.70. The molecule has 27 heavy (non-hydrogen) atoms. The summed E-state index contributed by atoms with van der Waals surface area (Å²) in [7, 11) is 1.22. The van der Waals surface area contributed by atoms with Gasteiger partial charge in [0.15, 0.2) is 0 Å². The summed E-state index contributed by atoms with van der Waals surface area (Å²) in [5.41, 5.74) is 0.603. The molecule has 2 amide bonds. The van der Waals surface area contributed by atoms with Crippen LogP contribution in [0.1, 0.15) is 11.8 Å². The van der Waals surface area contributed by atoms with Crippen LogP contribution in [0.4, 0.5) is 0 Å². The van der Waals surface area contributed by atoms with E-state index in [2.05, 4.69) is 5.32 Å². The van der Waals surface area contributed by atoms with Crippen LogP contribution >= 0.6 is 23.1 Å². The number of nitrogens with one attached hydrogen (secondary N) is 1. The Hall–Kier alpha value is -2.33. The molecule has 0 bridgehead atoms. The second-order valence-electron chi connectivity index (χ2n) is 5.94. The molecule has 1 fully saturated rings. The number of hydrogen-bond donors (Lipinski definition) is 1. The van der Waals surface area contributed by atoms with Crippen molar-refractivity contribution < 1.29 is 28.7 Å². The zero-order valence-corrected chi connectivity index (χ0v) is 16.4. The van der Waals surface area contributed by atoms with Gasteiger partial charge < -0.3 is 14.8 Å². The monoisotopic (exact) mass is 410 g/mol. The van der Waals surface area contributed by atoms with Gasteiger partial charge in [-0.05, 0) is 11.4 Å². The summed E-state index contributed by atoms with van der Waals surface area (Å²) in [6.07, 6.45) is 0.205. The number of fused-ring (bicyclic) bond motifs is 1. The number of thioether (sulfide) groups is 1. The molecule has 10 heteroatoms. The fourth-order valence-electron chi connectivity index (χ4n) is 2.86. The predicted molar refractivity (Wildman–Crippen MR) is 98.7 cm³/mol. The van der Waals surface area contributed by atoms with Crippen LogP contribution in [0, 0.1) is 0 Å². The fourth-order valence-corrected chi connectivity index (χ4v) is 4.89. The van der Waals surface area contributed by atoms with Gasteiger partial charge in [-0.3, -0.25) is 19.3 Å². The van der Waals surface area contributed by atoms with Gasteiger partial charge >= 0.3 is 11.9 Å². The van der Waals surface area contributed by atoms with E-state index in [0.717, 1.165) is 4.88 Å². The van der Waals surface area contributed by atoms with Crippen LogP contribution in [0.15, 0.2) is 28.8 Å². The first-order chi connectivity index (χ1) is 12.9. The average Bonchev–Trinajstić information content (AvgIpc) is 3.15. The van der Waals surface area contributed by atoms with E-state index in [9.17, 15) is 19.2 Å². The van der Waals surface area contributed by atoms with Crippen LogP contribution in [0.3, 0.4) is 0 Å². The maximum absolute atomic E-state index is 12.6. The molecule has 1 aromatic heterocycles. The zero-order chi connectivity index (χ0) is 19.6. The number of β-lactam (4-membered cyclic amide) rings is 1. The number of nitrogens with zero attached hydrogens (tertiary/aromatic N) is 1. The van der Waals surface area contributed by atoms with E-state index in [4.69, 9.17) is 9.47 Å². The van der Waals surface area contributed by atoms with Crippen molar-refractivity contribution in [3.8, 4) is 0 Å². The summed E-state index contributed by atoms with van der Waals surface area (Å²) in [5, 5.41) is 4.24. The minimum Gasteiger partial charge on any atom is -0.464 e. The van der Waals surface area contributed by atoms with Gasteiger partial charge in [0.1, 0.15) is 23.7 Å². The molecular weight excluding hydrogens is 392 g/mol. The second kappa shape index (κ2) is 8.13. The average molecular weight is 410 g/mol. The highest BCUT2D eigenvalue weighted by Gasteiger charge is 2.54. The molecule has 3 rings (SSSR count). The second-order valence-corrected chi connectivity index (χ2v) is 8.07. The molecule has 1 N–H and O–H groups in total. The molecule has 1 aromatic rings. The third-order valence-electron chi connectivity index (χ3n) is 4.11. The van der Waals surface area contributed by atoms with Crippen LogP contribution in [0.25, 0.3) is 0 Å². The molecule has 1 saturated heterocycles. The molecule has 0 aromatic carbocycles. The highest BCUT2D eigenvalue weighted by molar-refractivity contribution is 8.00. The number of hydrogen-bond acceptors (Lipinski definition) is 8. The van der Waals surface area contributed by atoms with E-state index < -0.39 is 18.0 Å². The van der Waals surface area contributed by atoms with Crippen molar-refractivity contribution in [2.75, 3.05) is 19.5 Å². The SMILES string of the molecule is COC(=O)C1=C(COC(C)=O)CSC2C(NC(=O)Cc3cccs3)C(=O)N12. The topological polar surface area (TPSA) is 102 Å². The molecule has 8 nitrogen and oxygen atoms in total. The van der Waals surface area contributed by atoms with E-state index in [1.165, 1.54) is 42.0 Å². The molecule has 2 aliphatic heterocycles. The number of ether oxygens (including phenoxy) is 2. The fraction of sp³-hybridized carbons (Fsp3) is 0.412. The molecule has 144 valence electrons. The van der Waals surface area contributed by atoms with Gasteiger partial charge in [-0.1, -0.05) is 6.07 Å². The molecule has 0 saturated carbocycles. The van der Waals surface area contributed by atoms with Crippen molar-refractivity contribution in [3.63, 3.8) is 0 Å². The van der Waals surface area contributed by atoms with E-state index >= 15 is 0 Å². The maximum atomic E-state index is 12.6. The summed E-state index contributed by atoms with van der Waals surface area (Å²) >= 11 is 2.87. The first-order valence-corrected chi connectivity index (χ1v) is 10.0. The first-order valence-electron chi connectivity index (χ1n) is 8.12. The lowest BCUT2D eigenvalue weighted by atomic mass is 10.0. The summed E-state index contributed by atoms with van der Waals surface area (Å²) in [4.78, 5) is 50.3. The predicted octanol–water partition coefficient (Wildman–Crippen LogP) is 0.681. The van der Waals surface area contributed by atoms with Gasteiger partial charge in [0, 0.05) is 23.1 Å². The Kier molecular flexibility index (Phi) is 5.85. The van der Waals surface area contributed by atoms with Crippen molar-refractivity contribution in [3.05, 3.63) is 33.7 Å². The Bertz CT molecular complexity index is 804. The van der Waals surface area contributed by atoms with Crippen molar-refractivity contribution in [2.45, 2.75) is 24.8 Å². The maximum Gasteiger partial charge on any atom is 0.354 e. The molecule has 2 atom stereocenters. The van der Waals surface area contributed by atoms with Gasteiger partial charge in [0.05, 0.1) is 13.5 Å². The third kappa shape index (κ3) is 4.01. The van der Waals surface area contributed by atoms with Crippen LogP contribution in [-0.2, 0) is 35.1 Å². The van der Waals surface area contributed by atoms with Crippen molar-refractivity contribution in [1.82, 2.24) is 10.2 Å². The number of esters is 2. The van der Waals surface area contributed by atoms with Crippen molar-refractivity contribution >= 4 is 46.9 Å². The normalized spacial score (nSPS) is 21.3. The highest BCUT2D eigenvalue weighted by Crippen LogP contribution is 2.40. The summed E-state index contributed by atoms with van der Waals surface area (Å²) in [6, 6.07) is 3.02. The number of thiophene rings is 1. The van der Waals surface area contributed by atoms with Gasteiger partial charge in [-0.2, -0.15) is 0 Å². The Morgan fingerprint density at radius 2 is 2.15 bits per heavy atom. The van der Waals surface area contributed by atoms with Gasteiger partial charge in [0.2, 0.25) is 5.91 Å². The molecule has 0 aliphatic carbocycles. The Labute approximate surface area is 163 Å². The summed E-state index contributed by atoms with van der Waals surface area (Å²) in [5.74, 6) is -1.38. The van der Waals surface area contributed by atoms with Gasteiger partial charge in [-0.25, -0.2) is 4.79 Å². The quantitative estimate of drug-likeness (QED) is 0.543. The summed E-state index contributed by atoms with van der Waals surface area (Å²) < 4.78 is 9.76. The number of methoxy groups -OCH3 is 1. The van der Waals surface area contributed by atoms with Gasteiger partial charge in [-0.15, -0.1) is 23.1 Å². The van der Waals surface area contributed by atoms with E-state index in [-0.39, 0.29) is 35.9 Å². The van der Waals surface area contributed by atoms with Crippen LogP contribution in [0.2, 0.25) is 0 Å². The Balaban J connectivity index is 1.72. The van der Waals surface area contributed by atoms with Crippen molar-refractivity contribution in [1.29, 1.82) is 0 Å². The lowest BCUT2D eigenvalue weighted by Gasteiger charge is -2.49. The minimum atomic E-state index is -0.697. The Morgan fingerprint density at radius 1 is 1.37 bits per heavy atom. The molecule has 0 spiro atoms. The Morgan fingerprint density at radius 3 is 2.78 bits per heavy atom. The van der Waals surface area contributed by atoms with Crippen molar-refractivity contribution in [2.24, 2.45) is 0 Å². The van der Waals surface area contributed by atoms with Crippen LogP contribution in [0.5, 0.6) is 0 Å². The lowest BCUT2D eigenvalue weighted by molar-refractivity contribution is -0.152. The molecule has 0 radical (unpaired) electrons. The number of rotatable bonds is 6. The number of carbonyl (C=O) groups excluding carboxylic acids is 4. The van der Waals surface area contributed by atoms with E-state index in [0.29, 0.717) is 11.3 Å². The van der Waals surface area contributed by atoms with Crippen LogP contribution in [-0.4, -0.2) is 59.5 Å². The van der Waals surface area contributed by atoms with Crippen LogP contribution < -0.4 is 5.32 Å². The highest BCUT2D eigenvalue weighted by atomic mass is 32.2. The molecule has 2 unspecified atom stereocenters. The molecule has 3 heterocycles. The largest absolute Gasteiger partial charge is 0.464 e.